The molecular formula is C23H19Cl2N3O2. The highest BCUT2D eigenvalue weighted by molar-refractivity contribution is 6.42. The van der Waals surface area contributed by atoms with Gasteiger partial charge in [0.25, 0.3) is 0 Å². The normalized spacial score (nSPS) is 12.1. The molecule has 0 saturated carbocycles. The van der Waals surface area contributed by atoms with Crippen LogP contribution in [0.3, 0.4) is 0 Å². The molecule has 152 valence electrons. The first-order valence-corrected chi connectivity index (χ1v) is 10.2. The second-order valence-electron chi connectivity index (χ2n) is 6.78. The molecular weight excluding hydrogens is 421 g/mol. The van der Waals surface area contributed by atoms with Gasteiger partial charge >= 0.3 is 0 Å². The fraction of sp³-hybridized carbons (Fsp3) is 0.130. The number of phenolic OH excluding ortho intramolecular Hbond substituents is 1. The van der Waals surface area contributed by atoms with E-state index in [9.17, 15) is 10.2 Å². The molecule has 0 spiro atoms. The summed E-state index contributed by atoms with van der Waals surface area (Å²) in [7, 11) is 0. The van der Waals surface area contributed by atoms with Crippen molar-refractivity contribution >= 4 is 39.9 Å². The van der Waals surface area contributed by atoms with Gasteiger partial charge in [-0.25, -0.2) is 4.98 Å². The van der Waals surface area contributed by atoms with Crippen LogP contribution in [0.25, 0.3) is 10.9 Å². The average molecular weight is 440 g/mol. The number of aliphatic hydroxyl groups is 1. The van der Waals surface area contributed by atoms with E-state index in [1.165, 1.54) is 0 Å². The summed E-state index contributed by atoms with van der Waals surface area (Å²) in [5, 5.41) is 25.7. The predicted molar refractivity (Wildman–Crippen MR) is 120 cm³/mol. The van der Waals surface area contributed by atoms with Gasteiger partial charge in [0, 0.05) is 30.0 Å². The van der Waals surface area contributed by atoms with Crippen LogP contribution in [-0.4, -0.2) is 26.8 Å². The third-order valence-electron chi connectivity index (χ3n) is 4.92. The van der Waals surface area contributed by atoms with Crippen LogP contribution >= 0.6 is 23.2 Å². The van der Waals surface area contributed by atoms with Crippen molar-refractivity contribution in [1.82, 2.24) is 9.97 Å². The Morgan fingerprint density at radius 1 is 0.933 bits per heavy atom. The van der Waals surface area contributed by atoms with Gasteiger partial charge in [-0.1, -0.05) is 47.5 Å². The fourth-order valence-electron chi connectivity index (χ4n) is 3.53. The van der Waals surface area contributed by atoms with Gasteiger partial charge in [-0.05, 0) is 47.9 Å². The van der Waals surface area contributed by atoms with E-state index in [1.54, 1.807) is 24.5 Å². The number of benzene rings is 2. The molecule has 4 rings (SSSR count). The lowest BCUT2D eigenvalue weighted by Crippen LogP contribution is -2.15. The first kappa shape index (κ1) is 20.4. The van der Waals surface area contributed by atoms with Gasteiger partial charge < -0.3 is 15.5 Å². The van der Waals surface area contributed by atoms with Gasteiger partial charge in [-0.3, -0.25) is 4.98 Å². The minimum atomic E-state index is -0.546. The van der Waals surface area contributed by atoms with Crippen molar-refractivity contribution in [1.29, 1.82) is 0 Å². The summed E-state index contributed by atoms with van der Waals surface area (Å²) < 4.78 is 0. The predicted octanol–water partition coefficient (Wildman–Crippen LogP) is 5.38. The maximum Gasteiger partial charge on any atom is 0.147 e. The molecule has 30 heavy (non-hydrogen) atoms. The third kappa shape index (κ3) is 3.92. The zero-order valence-corrected chi connectivity index (χ0v) is 17.4. The highest BCUT2D eigenvalue weighted by atomic mass is 35.5. The highest BCUT2D eigenvalue weighted by Crippen LogP contribution is 2.41. The van der Waals surface area contributed by atoms with Gasteiger partial charge in [-0.15, -0.1) is 0 Å². The van der Waals surface area contributed by atoms with E-state index in [1.807, 2.05) is 42.5 Å². The number of hydrogen-bond acceptors (Lipinski definition) is 5. The molecule has 4 aromatic rings. The van der Waals surface area contributed by atoms with Crippen molar-refractivity contribution in [3.05, 3.63) is 93.7 Å². The summed E-state index contributed by atoms with van der Waals surface area (Å²) >= 11 is 12.8. The van der Waals surface area contributed by atoms with E-state index in [0.29, 0.717) is 38.9 Å². The molecule has 7 heteroatoms. The van der Waals surface area contributed by atoms with Crippen molar-refractivity contribution in [2.45, 2.75) is 12.5 Å². The van der Waals surface area contributed by atoms with E-state index in [-0.39, 0.29) is 12.4 Å². The Kier molecular flexibility index (Phi) is 6.04. The Morgan fingerprint density at radius 2 is 1.77 bits per heavy atom. The van der Waals surface area contributed by atoms with Crippen LogP contribution < -0.4 is 5.32 Å². The zero-order valence-electron chi connectivity index (χ0n) is 15.9. The van der Waals surface area contributed by atoms with E-state index >= 15 is 0 Å². The zero-order chi connectivity index (χ0) is 21.1. The SMILES string of the molecule is OCCc1cc(C(Nc2ccccn2)c2cccc(Cl)c2Cl)c(O)c2ncccc12. The molecule has 2 aromatic carbocycles. The standard InChI is InChI=1S/C23H19Cl2N3O2/c24-18-7-3-5-16(20(18)25)21(28-19-8-1-2-10-26-19)17-13-14(9-12-29)15-6-4-11-27-22(15)23(17)30/h1-8,10-11,13,21,29-30H,9,12H2,(H,26,28). The number of fused-ring (bicyclic) bond motifs is 1. The van der Waals surface area contributed by atoms with Crippen molar-refractivity contribution < 1.29 is 10.2 Å². The largest absolute Gasteiger partial charge is 0.505 e. The van der Waals surface area contributed by atoms with Gasteiger partial charge in [0.1, 0.15) is 17.1 Å². The number of nitrogens with zero attached hydrogens (tertiary/aromatic N) is 2. The number of rotatable bonds is 6. The Bertz CT molecular complexity index is 1190. The number of halogens is 2. The Morgan fingerprint density at radius 3 is 2.53 bits per heavy atom. The van der Waals surface area contributed by atoms with Crippen LogP contribution in [0, 0.1) is 0 Å². The molecule has 0 fully saturated rings. The molecule has 1 atom stereocenters. The molecule has 2 aromatic heterocycles. The summed E-state index contributed by atoms with van der Waals surface area (Å²) in [4.78, 5) is 8.72. The quantitative estimate of drug-likeness (QED) is 0.375. The maximum atomic E-state index is 11.2. The number of phenols is 1. The van der Waals surface area contributed by atoms with Crippen molar-refractivity contribution in [3.63, 3.8) is 0 Å². The van der Waals surface area contributed by atoms with Crippen molar-refractivity contribution in [3.8, 4) is 5.75 Å². The van der Waals surface area contributed by atoms with E-state index in [4.69, 9.17) is 23.2 Å². The lowest BCUT2D eigenvalue weighted by atomic mass is 9.92. The van der Waals surface area contributed by atoms with Gasteiger partial charge in [-0.2, -0.15) is 0 Å². The van der Waals surface area contributed by atoms with Crippen LogP contribution in [0.1, 0.15) is 22.7 Å². The Hall–Kier alpha value is -2.86. The second-order valence-corrected chi connectivity index (χ2v) is 7.57. The monoisotopic (exact) mass is 439 g/mol. The molecule has 0 aliphatic carbocycles. The number of nitrogens with one attached hydrogen (secondary N) is 1. The summed E-state index contributed by atoms with van der Waals surface area (Å²) in [6.07, 6.45) is 3.73. The molecule has 2 heterocycles. The smallest absolute Gasteiger partial charge is 0.147 e. The third-order valence-corrected chi connectivity index (χ3v) is 5.76. The minimum absolute atomic E-state index is 0.0233. The molecule has 0 amide bonds. The first-order valence-electron chi connectivity index (χ1n) is 9.42. The highest BCUT2D eigenvalue weighted by Gasteiger charge is 2.24. The molecule has 0 radical (unpaired) electrons. The molecule has 0 bridgehead atoms. The van der Waals surface area contributed by atoms with E-state index in [0.717, 1.165) is 10.9 Å². The second kappa shape index (κ2) is 8.88. The van der Waals surface area contributed by atoms with Gasteiger partial charge in [0.2, 0.25) is 0 Å². The first-order chi connectivity index (χ1) is 14.6. The topological polar surface area (TPSA) is 78.3 Å². The summed E-state index contributed by atoms with van der Waals surface area (Å²) in [5.41, 5.74) is 2.60. The molecule has 3 N–H and O–H groups in total. The molecule has 1 unspecified atom stereocenters. The Labute approximate surface area is 184 Å². The van der Waals surface area contributed by atoms with Crippen molar-refractivity contribution in [2.75, 3.05) is 11.9 Å². The number of aromatic nitrogens is 2. The minimum Gasteiger partial charge on any atom is -0.505 e. The summed E-state index contributed by atoms with van der Waals surface area (Å²) in [6.45, 7) is -0.0233. The van der Waals surface area contributed by atoms with Crippen LogP contribution in [-0.2, 0) is 6.42 Å². The Balaban J connectivity index is 1.96. The van der Waals surface area contributed by atoms with Crippen LogP contribution in [0.15, 0.2) is 67.0 Å². The number of pyridine rings is 2. The van der Waals surface area contributed by atoms with Crippen molar-refractivity contribution in [2.24, 2.45) is 0 Å². The summed E-state index contributed by atoms with van der Waals surface area (Å²) in [6, 6.07) is 15.9. The van der Waals surface area contributed by atoms with E-state index in [2.05, 4.69) is 15.3 Å². The number of aromatic hydroxyl groups is 1. The molecule has 5 nitrogen and oxygen atoms in total. The number of aliphatic hydroxyl groups excluding tert-OH is 1. The molecule has 0 aliphatic heterocycles. The molecule has 0 saturated heterocycles. The number of hydrogen-bond donors (Lipinski definition) is 3. The van der Waals surface area contributed by atoms with E-state index < -0.39 is 6.04 Å². The van der Waals surface area contributed by atoms with Crippen LogP contribution in [0.2, 0.25) is 10.0 Å². The van der Waals surface area contributed by atoms with Crippen LogP contribution in [0.5, 0.6) is 5.75 Å². The molecule has 0 aliphatic rings. The van der Waals surface area contributed by atoms with Gasteiger partial charge in [0.05, 0.1) is 16.1 Å². The average Bonchev–Trinajstić information content (AvgIpc) is 2.77. The maximum absolute atomic E-state index is 11.2. The fourth-order valence-corrected chi connectivity index (χ4v) is 3.95. The number of anilines is 1. The lowest BCUT2D eigenvalue weighted by Gasteiger charge is -2.24. The van der Waals surface area contributed by atoms with Gasteiger partial charge in [0.15, 0.2) is 0 Å². The van der Waals surface area contributed by atoms with Crippen LogP contribution in [0.4, 0.5) is 5.82 Å². The summed E-state index contributed by atoms with van der Waals surface area (Å²) in [5.74, 6) is 0.652. The lowest BCUT2D eigenvalue weighted by molar-refractivity contribution is 0.300.